The van der Waals surface area contributed by atoms with Crippen molar-refractivity contribution in [2.75, 3.05) is 13.7 Å². The van der Waals surface area contributed by atoms with Crippen molar-refractivity contribution >= 4 is 49.4 Å². The minimum Gasteiger partial charge on any atom is -0.452 e. The second-order valence-corrected chi connectivity index (χ2v) is 8.50. The number of hydrogen-bond acceptors (Lipinski definition) is 5. The Balaban J connectivity index is 1.98. The highest BCUT2D eigenvalue weighted by Gasteiger charge is 2.18. The van der Waals surface area contributed by atoms with E-state index in [1.54, 1.807) is 7.05 Å². The molecule has 0 saturated carbocycles. The van der Waals surface area contributed by atoms with Gasteiger partial charge in [0.2, 0.25) is 10.0 Å². The van der Waals surface area contributed by atoms with Crippen LogP contribution in [0.4, 0.5) is 0 Å². The minimum atomic E-state index is -4.09. The maximum atomic E-state index is 12.1. The molecule has 0 atom stereocenters. The van der Waals surface area contributed by atoms with Gasteiger partial charge < -0.3 is 9.64 Å². The normalized spacial score (nSPS) is 11.1. The molecule has 1 amide bonds. The number of benzene rings is 2. The van der Waals surface area contributed by atoms with Crippen molar-refractivity contribution in [3.05, 3.63) is 63.1 Å². The Morgan fingerprint density at radius 2 is 1.81 bits per heavy atom. The summed E-state index contributed by atoms with van der Waals surface area (Å²) < 4.78 is 28.8. The van der Waals surface area contributed by atoms with Gasteiger partial charge in [-0.2, -0.15) is 0 Å². The third-order valence-corrected chi connectivity index (χ3v) is 5.48. The molecule has 2 aromatic rings. The Morgan fingerprint density at radius 3 is 2.41 bits per heavy atom. The molecule has 0 unspecified atom stereocenters. The lowest BCUT2D eigenvalue weighted by Gasteiger charge is -2.17. The zero-order chi connectivity index (χ0) is 20.2. The fraction of sp³-hybridized carbons (Fsp3) is 0.176. The maximum Gasteiger partial charge on any atom is 0.338 e. The van der Waals surface area contributed by atoms with Gasteiger partial charge in [-0.3, -0.25) is 4.79 Å². The molecular weight excluding hydrogens is 460 g/mol. The van der Waals surface area contributed by atoms with Gasteiger partial charge in [0.25, 0.3) is 5.91 Å². The molecule has 0 saturated heterocycles. The van der Waals surface area contributed by atoms with E-state index in [1.165, 1.54) is 17.0 Å². The SMILES string of the molecule is CN(Cc1ccc(Br)cc1)C(=O)COC(=O)c1ccc(Cl)c(S(N)(=O)=O)c1. The Kier molecular flexibility index (Phi) is 6.99. The third kappa shape index (κ3) is 6.03. The molecule has 27 heavy (non-hydrogen) atoms. The molecule has 0 aliphatic heterocycles. The van der Waals surface area contributed by atoms with E-state index in [0.717, 1.165) is 16.1 Å². The number of amides is 1. The van der Waals surface area contributed by atoms with Gasteiger partial charge in [0.05, 0.1) is 10.6 Å². The second-order valence-electron chi connectivity index (χ2n) is 5.64. The summed E-state index contributed by atoms with van der Waals surface area (Å²) in [5.74, 6) is -1.27. The van der Waals surface area contributed by atoms with Gasteiger partial charge in [-0.25, -0.2) is 18.4 Å². The van der Waals surface area contributed by atoms with E-state index in [0.29, 0.717) is 6.54 Å². The van der Waals surface area contributed by atoms with Gasteiger partial charge in [0, 0.05) is 18.1 Å². The number of ether oxygens (including phenoxy) is 1. The van der Waals surface area contributed by atoms with Gasteiger partial charge in [-0.15, -0.1) is 0 Å². The fourth-order valence-corrected chi connectivity index (χ4v) is 3.46. The van der Waals surface area contributed by atoms with Gasteiger partial charge in [-0.1, -0.05) is 39.7 Å². The zero-order valence-electron chi connectivity index (χ0n) is 14.2. The average molecular weight is 476 g/mol. The summed E-state index contributed by atoms with van der Waals surface area (Å²) in [4.78, 5) is 25.2. The number of halogens is 2. The number of nitrogens with two attached hydrogens (primary N) is 1. The largest absolute Gasteiger partial charge is 0.452 e. The first kappa shape index (κ1) is 21.4. The van der Waals surface area contributed by atoms with E-state index in [-0.39, 0.29) is 10.6 Å². The van der Waals surface area contributed by atoms with E-state index >= 15 is 0 Å². The molecule has 10 heteroatoms. The monoisotopic (exact) mass is 474 g/mol. The maximum absolute atomic E-state index is 12.1. The molecule has 2 N–H and O–H groups in total. The van der Waals surface area contributed by atoms with Crippen molar-refractivity contribution in [1.82, 2.24) is 4.90 Å². The molecular formula is C17H16BrClN2O5S. The van der Waals surface area contributed by atoms with Crippen LogP contribution < -0.4 is 5.14 Å². The number of likely N-dealkylation sites (N-methyl/N-ethyl adjacent to an activating group) is 1. The highest BCUT2D eigenvalue weighted by molar-refractivity contribution is 9.10. The fourth-order valence-electron chi connectivity index (χ4n) is 2.12. The smallest absolute Gasteiger partial charge is 0.338 e. The van der Waals surface area contributed by atoms with Crippen LogP contribution in [-0.4, -0.2) is 38.8 Å². The summed E-state index contributed by atoms with van der Waals surface area (Å²) in [6.07, 6.45) is 0. The van der Waals surface area contributed by atoms with E-state index in [4.69, 9.17) is 21.5 Å². The summed E-state index contributed by atoms with van der Waals surface area (Å²) in [6.45, 7) is -0.140. The van der Waals surface area contributed by atoms with E-state index in [9.17, 15) is 18.0 Å². The predicted molar refractivity (Wildman–Crippen MR) is 104 cm³/mol. The average Bonchev–Trinajstić information content (AvgIpc) is 2.60. The number of sulfonamides is 1. The lowest BCUT2D eigenvalue weighted by atomic mass is 10.2. The topological polar surface area (TPSA) is 107 Å². The molecule has 2 aromatic carbocycles. The Hall–Kier alpha value is -1.94. The van der Waals surface area contributed by atoms with Crippen LogP contribution in [0.2, 0.25) is 5.02 Å². The van der Waals surface area contributed by atoms with Crippen LogP contribution >= 0.6 is 27.5 Å². The first-order valence-electron chi connectivity index (χ1n) is 7.56. The quantitative estimate of drug-likeness (QED) is 0.646. The highest BCUT2D eigenvalue weighted by Crippen LogP contribution is 2.22. The van der Waals surface area contributed by atoms with Crippen LogP contribution in [0.25, 0.3) is 0 Å². The molecule has 0 aliphatic carbocycles. The Bertz CT molecular complexity index is 964. The summed E-state index contributed by atoms with van der Waals surface area (Å²) in [6, 6.07) is 11.0. The molecule has 0 radical (unpaired) electrons. The molecule has 0 spiro atoms. The van der Waals surface area contributed by atoms with Crippen LogP contribution in [-0.2, 0) is 26.1 Å². The standard InChI is InChI=1S/C17H16BrClN2O5S/c1-21(9-11-2-5-13(18)6-3-11)16(22)10-26-17(23)12-4-7-14(19)15(8-12)27(20,24)25/h2-8H,9-10H2,1H3,(H2,20,24,25). The predicted octanol–water partition coefficient (Wildman–Crippen LogP) is 2.57. The van der Waals surface area contributed by atoms with Crippen molar-refractivity contribution in [2.24, 2.45) is 5.14 Å². The first-order valence-corrected chi connectivity index (χ1v) is 10.3. The van der Waals surface area contributed by atoms with Crippen molar-refractivity contribution in [3.8, 4) is 0 Å². The molecule has 7 nitrogen and oxygen atoms in total. The lowest BCUT2D eigenvalue weighted by Crippen LogP contribution is -2.30. The van der Waals surface area contributed by atoms with Gasteiger partial charge in [0.1, 0.15) is 4.90 Å². The third-order valence-electron chi connectivity index (χ3n) is 3.56. The van der Waals surface area contributed by atoms with Gasteiger partial charge in [-0.05, 0) is 35.9 Å². The van der Waals surface area contributed by atoms with Gasteiger partial charge >= 0.3 is 5.97 Å². The molecule has 0 aliphatic rings. The number of esters is 1. The number of primary sulfonamides is 1. The van der Waals surface area contributed by atoms with Crippen LogP contribution in [0.15, 0.2) is 51.8 Å². The molecule has 0 fully saturated rings. The summed E-state index contributed by atoms with van der Waals surface area (Å²) in [5, 5.41) is 4.93. The summed E-state index contributed by atoms with van der Waals surface area (Å²) in [7, 11) is -2.51. The number of carbonyl (C=O) groups excluding carboxylic acids is 2. The minimum absolute atomic E-state index is 0.0770. The van der Waals surface area contributed by atoms with Crippen LogP contribution in [0.5, 0.6) is 0 Å². The van der Waals surface area contributed by atoms with E-state index in [2.05, 4.69) is 15.9 Å². The summed E-state index contributed by atoms with van der Waals surface area (Å²) in [5.41, 5.74) is 0.836. The van der Waals surface area contributed by atoms with Gasteiger partial charge in [0.15, 0.2) is 6.61 Å². The number of carbonyl (C=O) groups is 2. The van der Waals surface area contributed by atoms with E-state index in [1.807, 2.05) is 24.3 Å². The number of hydrogen-bond donors (Lipinski definition) is 1. The van der Waals surface area contributed by atoms with E-state index < -0.39 is 33.4 Å². The second kappa shape index (κ2) is 8.83. The zero-order valence-corrected chi connectivity index (χ0v) is 17.3. The Labute approximate surface area is 170 Å². The van der Waals surface area contributed by atoms with Crippen LogP contribution in [0, 0.1) is 0 Å². The summed E-state index contributed by atoms with van der Waals surface area (Å²) >= 11 is 9.10. The molecule has 2 rings (SSSR count). The highest BCUT2D eigenvalue weighted by atomic mass is 79.9. The lowest BCUT2D eigenvalue weighted by molar-refractivity contribution is -0.133. The van der Waals surface area contributed by atoms with Crippen LogP contribution in [0.1, 0.15) is 15.9 Å². The van der Waals surface area contributed by atoms with Crippen molar-refractivity contribution < 1.29 is 22.7 Å². The number of nitrogens with zero attached hydrogens (tertiary/aromatic N) is 1. The van der Waals surface area contributed by atoms with Crippen molar-refractivity contribution in [3.63, 3.8) is 0 Å². The molecule has 0 heterocycles. The Morgan fingerprint density at radius 1 is 1.19 bits per heavy atom. The first-order chi connectivity index (χ1) is 12.6. The van der Waals surface area contributed by atoms with Crippen molar-refractivity contribution in [1.29, 1.82) is 0 Å². The molecule has 144 valence electrons. The number of rotatable bonds is 6. The van der Waals surface area contributed by atoms with Crippen LogP contribution in [0.3, 0.4) is 0 Å². The molecule has 0 bridgehead atoms. The van der Waals surface area contributed by atoms with Crippen molar-refractivity contribution in [2.45, 2.75) is 11.4 Å². The molecule has 0 aromatic heterocycles.